The van der Waals surface area contributed by atoms with Gasteiger partial charge in [-0.3, -0.25) is 19.2 Å². The van der Waals surface area contributed by atoms with Gasteiger partial charge < -0.3 is 26.8 Å². The third-order valence-electron chi connectivity index (χ3n) is 2.31. The minimum Gasteiger partial charge on any atom is -0.480 e. The Morgan fingerprint density at radius 2 is 1.65 bits per heavy atom. The predicted molar refractivity (Wildman–Crippen MR) is 69.5 cm³/mol. The normalized spacial score (nSPS) is 11.6. The SMILES string of the molecule is CC(C)C(NC(=O)CNC(=O)CN)C(=O)NCC(=O)O. The molecule has 0 aromatic heterocycles. The molecule has 9 heteroatoms. The molecule has 0 aliphatic rings. The number of carboxylic acids is 1. The van der Waals surface area contributed by atoms with Crippen molar-refractivity contribution in [2.75, 3.05) is 19.6 Å². The molecule has 0 spiro atoms. The number of hydrogen-bond acceptors (Lipinski definition) is 5. The molecular formula is C11H20N4O5. The summed E-state index contributed by atoms with van der Waals surface area (Å²) in [5, 5.41) is 15.3. The first-order valence-electron chi connectivity index (χ1n) is 6.03. The zero-order valence-corrected chi connectivity index (χ0v) is 11.4. The van der Waals surface area contributed by atoms with E-state index in [4.69, 9.17) is 10.8 Å². The molecule has 9 nitrogen and oxygen atoms in total. The molecular weight excluding hydrogens is 268 g/mol. The van der Waals surface area contributed by atoms with Gasteiger partial charge in [0.25, 0.3) is 0 Å². The second kappa shape index (κ2) is 8.86. The van der Waals surface area contributed by atoms with E-state index in [-0.39, 0.29) is 19.0 Å². The highest BCUT2D eigenvalue weighted by Crippen LogP contribution is 2.01. The van der Waals surface area contributed by atoms with Gasteiger partial charge in [-0.2, -0.15) is 0 Å². The van der Waals surface area contributed by atoms with Crippen LogP contribution in [-0.2, 0) is 19.2 Å². The lowest BCUT2D eigenvalue weighted by atomic mass is 10.0. The predicted octanol–water partition coefficient (Wildman–Crippen LogP) is -2.60. The van der Waals surface area contributed by atoms with E-state index in [1.54, 1.807) is 13.8 Å². The maximum atomic E-state index is 11.7. The summed E-state index contributed by atoms with van der Waals surface area (Å²) in [7, 11) is 0. The maximum absolute atomic E-state index is 11.7. The highest BCUT2D eigenvalue weighted by atomic mass is 16.4. The molecule has 20 heavy (non-hydrogen) atoms. The standard InChI is InChI=1S/C11H20N4O5/c1-6(2)10(11(20)14-5-9(18)19)15-8(17)4-13-7(16)3-12/h6,10H,3-5,12H2,1-2H3,(H,13,16)(H,14,20)(H,15,17)(H,18,19). The molecule has 0 heterocycles. The van der Waals surface area contributed by atoms with Gasteiger partial charge in [-0.05, 0) is 5.92 Å². The molecule has 0 aliphatic heterocycles. The summed E-state index contributed by atoms with van der Waals surface area (Å²) >= 11 is 0. The molecule has 0 fully saturated rings. The Kier molecular flexibility index (Phi) is 7.90. The Balaban J connectivity index is 4.39. The fourth-order valence-corrected chi connectivity index (χ4v) is 1.28. The van der Waals surface area contributed by atoms with Crippen molar-refractivity contribution in [1.82, 2.24) is 16.0 Å². The van der Waals surface area contributed by atoms with E-state index in [2.05, 4.69) is 16.0 Å². The first kappa shape index (κ1) is 17.8. The molecule has 0 aromatic carbocycles. The van der Waals surface area contributed by atoms with E-state index in [9.17, 15) is 19.2 Å². The number of amides is 3. The van der Waals surface area contributed by atoms with E-state index < -0.39 is 36.3 Å². The minimum atomic E-state index is -1.18. The van der Waals surface area contributed by atoms with Gasteiger partial charge in [-0.25, -0.2) is 0 Å². The van der Waals surface area contributed by atoms with Crippen LogP contribution in [0.3, 0.4) is 0 Å². The zero-order chi connectivity index (χ0) is 15.7. The largest absolute Gasteiger partial charge is 0.480 e. The van der Waals surface area contributed by atoms with Gasteiger partial charge in [-0.15, -0.1) is 0 Å². The van der Waals surface area contributed by atoms with E-state index in [1.807, 2.05) is 0 Å². The van der Waals surface area contributed by atoms with Crippen LogP contribution in [0.2, 0.25) is 0 Å². The molecule has 6 N–H and O–H groups in total. The second-order valence-corrected chi connectivity index (χ2v) is 4.38. The van der Waals surface area contributed by atoms with Gasteiger partial charge in [0.1, 0.15) is 12.6 Å². The maximum Gasteiger partial charge on any atom is 0.322 e. The number of carboxylic acid groups (broad SMARTS) is 1. The summed E-state index contributed by atoms with van der Waals surface area (Å²) in [6, 6.07) is -0.878. The monoisotopic (exact) mass is 288 g/mol. The molecule has 0 aromatic rings. The van der Waals surface area contributed by atoms with Crippen molar-refractivity contribution < 1.29 is 24.3 Å². The van der Waals surface area contributed by atoms with Gasteiger partial charge in [0.15, 0.2) is 0 Å². The lowest BCUT2D eigenvalue weighted by Crippen LogP contribution is -2.52. The number of hydrogen-bond donors (Lipinski definition) is 5. The van der Waals surface area contributed by atoms with Crippen molar-refractivity contribution in [3.8, 4) is 0 Å². The first-order chi connectivity index (χ1) is 9.27. The smallest absolute Gasteiger partial charge is 0.322 e. The van der Waals surface area contributed by atoms with Crippen LogP contribution in [0.25, 0.3) is 0 Å². The van der Waals surface area contributed by atoms with Gasteiger partial charge >= 0.3 is 5.97 Å². The van der Waals surface area contributed by atoms with Gasteiger partial charge in [0.05, 0.1) is 13.1 Å². The van der Waals surface area contributed by atoms with Crippen molar-refractivity contribution in [2.24, 2.45) is 11.7 Å². The van der Waals surface area contributed by atoms with Crippen LogP contribution in [0.15, 0.2) is 0 Å². The quantitative estimate of drug-likeness (QED) is 0.330. The number of carbonyl (C=O) groups excluding carboxylic acids is 3. The van der Waals surface area contributed by atoms with Gasteiger partial charge in [-0.1, -0.05) is 13.8 Å². The average Bonchev–Trinajstić information content (AvgIpc) is 2.38. The van der Waals surface area contributed by atoms with E-state index in [0.717, 1.165) is 0 Å². The lowest BCUT2D eigenvalue weighted by Gasteiger charge is -2.21. The van der Waals surface area contributed by atoms with Crippen LogP contribution in [0.1, 0.15) is 13.8 Å². The van der Waals surface area contributed by atoms with E-state index in [0.29, 0.717) is 0 Å². The molecule has 3 amide bonds. The molecule has 0 bridgehead atoms. The summed E-state index contributed by atoms with van der Waals surface area (Å²) in [5.74, 6) is -3.06. The topological polar surface area (TPSA) is 151 Å². The lowest BCUT2D eigenvalue weighted by molar-refractivity contribution is -0.138. The molecule has 0 saturated carbocycles. The second-order valence-electron chi connectivity index (χ2n) is 4.38. The number of nitrogens with one attached hydrogen (secondary N) is 3. The average molecular weight is 288 g/mol. The number of carbonyl (C=O) groups is 4. The fourth-order valence-electron chi connectivity index (χ4n) is 1.28. The molecule has 0 saturated heterocycles. The van der Waals surface area contributed by atoms with Crippen LogP contribution in [0.4, 0.5) is 0 Å². The molecule has 1 atom stereocenters. The van der Waals surface area contributed by atoms with Crippen LogP contribution in [0.5, 0.6) is 0 Å². The highest BCUT2D eigenvalue weighted by molar-refractivity contribution is 5.91. The minimum absolute atomic E-state index is 0.236. The Bertz CT molecular complexity index is 383. The Labute approximate surface area is 116 Å². The van der Waals surface area contributed by atoms with Crippen molar-refractivity contribution in [3.05, 3.63) is 0 Å². The number of nitrogens with two attached hydrogens (primary N) is 1. The third kappa shape index (κ3) is 7.31. The fraction of sp³-hybridized carbons (Fsp3) is 0.636. The highest BCUT2D eigenvalue weighted by Gasteiger charge is 2.24. The number of rotatable bonds is 8. The third-order valence-corrected chi connectivity index (χ3v) is 2.31. The molecule has 0 aliphatic carbocycles. The summed E-state index contributed by atoms with van der Waals surface area (Å²) in [6.07, 6.45) is 0. The van der Waals surface area contributed by atoms with Crippen LogP contribution >= 0.6 is 0 Å². The van der Waals surface area contributed by atoms with Crippen molar-refractivity contribution in [1.29, 1.82) is 0 Å². The van der Waals surface area contributed by atoms with E-state index in [1.165, 1.54) is 0 Å². The molecule has 1 unspecified atom stereocenters. The molecule has 0 radical (unpaired) electrons. The first-order valence-corrected chi connectivity index (χ1v) is 6.03. The van der Waals surface area contributed by atoms with Crippen LogP contribution in [-0.4, -0.2) is 54.5 Å². The van der Waals surface area contributed by atoms with Crippen molar-refractivity contribution >= 4 is 23.7 Å². The zero-order valence-electron chi connectivity index (χ0n) is 11.4. The van der Waals surface area contributed by atoms with Crippen LogP contribution < -0.4 is 21.7 Å². The Hall–Kier alpha value is -2.16. The van der Waals surface area contributed by atoms with Crippen molar-refractivity contribution in [2.45, 2.75) is 19.9 Å². The molecule has 0 rings (SSSR count). The summed E-state index contributed by atoms with van der Waals surface area (Å²) in [6.45, 7) is 2.33. The Morgan fingerprint density at radius 1 is 1.05 bits per heavy atom. The summed E-state index contributed by atoms with van der Waals surface area (Å²) in [4.78, 5) is 44.5. The summed E-state index contributed by atoms with van der Waals surface area (Å²) < 4.78 is 0. The van der Waals surface area contributed by atoms with E-state index >= 15 is 0 Å². The van der Waals surface area contributed by atoms with Gasteiger partial charge in [0, 0.05) is 0 Å². The number of aliphatic carboxylic acids is 1. The Morgan fingerprint density at radius 3 is 2.10 bits per heavy atom. The van der Waals surface area contributed by atoms with Gasteiger partial charge in [0.2, 0.25) is 17.7 Å². The summed E-state index contributed by atoms with van der Waals surface area (Å²) in [5.41, 5.74) is 5.06. The van der Waals surface area contributed by atoms with Crippen LogP contribution in [0, 0.1) is 5.92 Å². The molecule has 114 valence electrons. The van der Waals surface area contributed by atoms with Crippen molar-refractivity contribution in [3.63, 3.8) is 0 Å².